The van der Waals surface area contributed by atoms with Crippen LogP contribution in [-0.4, -0.2) is 28.1 Å². The molecule has 0 saturated carbocycles. The fraction of sp³-hybridized carbons (Fsp3) is 0.250. The van der Waals surface area contributed by atoms with Crippen molar-refractivity contribution >= 4 is 11.8 Å². The van der Waals surface area contributed by atoms with Crippen molar-refractivity contribution < 1.29 is 28.3 Å². The summed E-state index contributed by atoms with van der Waals surface area (Å²) < 4.78 is 29.6. The van der Waals surface area contributed by atoms with E-state index in [1.165, 1.54) is 0 Å². The molecule has 0 amide bonds. The zero-order valence-corrected chi connectivity index (χ0v) is 8.39. The lowest BCUT2D eigenvalue weighted by molar-refractivity contribution is -0.390. The Kier molecular flexibility index (Phi) is 3.51. The minimum Gasteiger partial charge on any atom is -0.477 e. The highest BCUT2D eigenvalue weighted by Crippen LogP contribution is 2.31. The fourth-order valence-electron chi connectivity index (χ4n) is 1.15. The minimum atomic E-state index is -3.18. The molecule has 0 radical (unpaired) electrons. The lowest BCUT2D eigenvalue weighted by Gasteiger charge is -2.06. The van der Waals surface area contributed by atoms with Gasteiger partial charge in [0.05, 0.1) is 7.11 Å². The van der Waals surface area contributed by atoms with E-state index in [2.05, 4.69) is 9.72 Å². The van der Waals surface area contributed by atoms with Crippen molar-refractivity contribution in [1.29, 1.82) is 0 Å². The number of nitrogens with zero attached hydrogens (tertiary/aromatic N) is 2. The Morgan fingerprint density at radius 1 is 1.65 bits per heavy atom. The van der Waals surface area contributed by atoms with Gasteiger partial charge >= 0.3 is 17.7 Å². The number of carbonyl (C=O) groups is 1. The van der Waals surface area contributed by atoms with Crippen molar-refractivity contribution in [2.45, 2.75) is 6.43 Å². The fourth-order valence-corrected chi connectivity index (χ4v) is 1.15. The molecule has 0 spiro atoms. The van der Waals surface area contributed by atoms with Crippen LogP contribution < -0.4 is 4.74 Å². The first-order chi connectivity index (χ1) is 7.88. The van der Waals surface area contributed by atoms with Crippen molar-refractivity contribution in [2.24, 2.45) is 0 Å². The van der Waals surface area contributed by atoms with Crippen molar-refractivity contribution in [1.82, 2.24) is 4.98 Å². The lowest BCUT2D eigenvalue weighted by Crippen LogP contribution is -2.10. The minimum absolute atomic E-state index is 0.447. The second-order valence-corrected chi connectivity index (χ2v) is 2.82. The summed E-state index contributed by atoms with van der Waals surface area (Å²) >= 11 is 0. The van der Waals surface area contributed by atoms with Crippen LogP contribution in [-0.2, 0) is 0 Å². The number of carboxylic acids is 1. The van der Waals surface area contributed by atoms with Crippen LogP contribution in [0, 0.1) is 10.1 Å². The van der Waals surface area contributed by atoms with E-state index in [1.54, 1.807) is 0 Å². The molecule has 0 aliphatic carbocycles. The van der Waals surface area contributed by atoms with Gasteiger partial charge in [-0.3, -0.25) is 0 Å². The summed E-state index contributed by atoms with van der Waals surface area (Å²) in [6.45, 7) is 0. The van der Waals surface area contributed by atoms with Crippen LogP contribution in [0.2, 0.25) is 0 Å². The third-order valence-electron chi connectivity index (χ3n) is 1.84. The normalized spacial score (nSPS) is 10.4. The summed E-state index contributed by atoms with van der Waals surface area (Å²) in [4.78, 5) is 23.3. The molecule has 1 aromatic rings. The summed E-state index contributed by atoms with van der Waals surface area (Å²) in [5.74, 6) is -3.47. The average molecular weight is 248 g/mol. The average Bonchev–Trinajstić information content (AvgIpc) is 2.26. The number of alkyl halides is 2. The molecule has 0 atom stereocenters. The second kappa shape index (κ2) is 4.68. The van der Waals surface area contributed by atoms with Gasteiger partial charge in [-0.05, 0) is 4.92 Å². The molecule has 0 aliphatic heterocycles. The van der Waals surface area contributed by atoms with E-state index in [9.17, 15) is 23.7 Å². The Morgan fingerprint density at radius 3 is 2.59 bits per heavy atom. The van der Waals surface area contributed by atoms with E-state index in [1.807, 2.05) is 0 Å². The van der Waals surface area contributed by atoms with E-state index >= 15 is 0 Å². The number of hydrogen-bond donors (Lipinski definition) is 1. The summed E-state index contributed by atoms with van der Waals surface area (Å²) in [5, 5.41) is 19.2. The topological polar surface area (TPSA) is 103 Å². The Bertz CT molecular complexity index is 477. The molecule has 0 bridgehead atoms. The van der Waals surface area contributed by atoms with Crippen molar-refractivity contribution in [3.8, 4) is 5.88 Å². The number of ether oxygens (including phenoxy) is 1. The molecule has 0 fully saturated rings. The molecular weight excluding hydrogens is 242 g/mol. The number of halogens is 2. The molecule has 9 heteroatoms. The standard InChI is InChI=1S/C8H6F2N2O5/c1-17-4-2-3(6(9)10)5(8(13)14)7(11-4)12(15)16/h2,6H,1H3,(H,13,14). The quantitative estimate of drug-likeness (QED) is 0.641. The molecule has 1 N–H and O–H groups in total. The Labute approximate surface area is 92.8 Å². The number of carboxylic acid groups (broad SMARTS) is 1. The maximum atomic E-state index is 12.6. The zero-order valence-electron chi connectivity index (χ0n) is 8.39. The first-order valence-corrected chi connectivity index (χ1v) is 4.13. The van der Waals surface area contributed by atoms with Crippen LogP contribution in [0.15, 0.2) is 6.07 Å². The summed E-state index contributed by atoms with van der Waals surface area (Å²) in [7, 11) is 1.07. The van der Waals surface area contributed by atoms with Crippen LogP contribution in [0.4, 0.5) is 14.6 Å². The van der Waals surface area contributed by atoms with Crippen molar-refractivity contribution in [2.75, 3.05) is 7.11 Å². The zero-order chi connectivity index (χ0) is 13.2. The number of pyridine rings is 1. The molecule has 17 heavy (non-hydrogen) atoms. The number of aromatic carboxylic acids is 1. The number of rotatable bonds is 4. The molecule has 92 valence electrons. The van der Waals surface area contributed by atoms with E-state index in [4.69, 9.17) is 5.11 Å². The van der Waals surface area contributed by atoms with Gasteiger partial charge in [0.25, 0.3) is 6.43 Å². The Balaban J connectivity index is 3.61. The molecule has 0 aliphatic rings. The van der Waals surface area contributed by atoms with Gasteiger partial charge in [0, 0.05) is 16.6 Å². The van der Waals surface area contributed by atoms with Gasteiger partial charge in [0.1, 0.15) is 0 Å². The second-order valence-electron chi connectivity index (χ2n) is 2.82. The molecule has 0 aromatic carbocycles. The maximum absolute atomic E-state index is 12.6. The largest absolute Gasteiger partial charge is 0.477 e. The van der Waals surface area contributed by atoms with Gasteiger partial charge in [-0.25, -0.2) is 13.6 Å². The predicted octanol–water partition coefficient (Wildman–Crippen LogP) is 1.63. The monoisotopic (exact) mass is 248 g/mol. The highest BCUT2D eigenvalue weighted by Gasteiger charge is 2.31. The van der Waals surface area contributed by atoms with Gasteiger partial charge < -0.3 is 20.0 Å². The molecule has 7 nitrogen and oxygen atoms in total. The highest BCUT2D eigenvalue weighted by atomic mass is 19.3. The SMILES string of the molecule is COc1cc(C(F)F)c(C(=O)O)c([N+](=O)[O-])n1. The summed E-state index contributed by atoms with van der Waals surface area (Å²) in [6, 6.07) is 0.654. The number of aromatic nitrogens is 1. The first-order valence-electron chi connectivity index (χ1n) is 4.13. The predicted molar refractivity (Wildman–Crippen MR) is 49.4 cm³/mol. The number of nitro groups is 1. The van der Waals surface area contributed by atoms with Crippen LogP contribution in [0.5, 0.6) is 5.88 Å². The highest BCUT2D eigenvalue weighted by molar-refractivity contribution is 5.93. The van der Waals surface area contributed by atoms with Crippen molar-refractivity contribution in [3.05, 3.63) is 27.3 Å². The van der Waals surface area contributed by atoms with Crippen LogP contribution in [0.3, 0.4) is 0 Å². The van der Waals surface area contributed by atoms with Gasteiger partial charge in [0.2, 0.25) is 0 Å². The van der Waals surface area contributed by atoms with Gasteiger partial charge in [-0.2, -0.15) is 0 Å². The van der Waals surface area contributed by atoms with E-state index in [0.717, 1.165) is 7.11 Å². The molecular formula is C8H6F2N2O5. The molecule has 0 unspecified atom stereocenters. The van der Waals surface area contributed by atoms with Gasteiger partial charge in [0.15, 0.2) is 5.56 Å². The van der Waals surface area contributed by atoms with Crippen LogP contribution >= 0.6 is 0 Å². The van der Waals surface area contributed by atoms with Gasteiger partial charge in [-0.1, -0.05) is 0 Å². The molecule has 1 aromatic heterocycles. The third kappa shape index (κ3) is 2.44. The summed E-state index contributed by atoms with van der Waals surface area (Å²) in [6.07, 6.45) is -3.18. The molecule has 1 rings (SSSR count). The van der Waals surface area contributed by atoms with Crippen LogP contribution in [0.25, 0.3) is 0 Å². The van der Waals surface area contributed by atoms with Crippen molar-refractivity contribution in [3.63, 3.8) is 0 Å². The van der Waals surface area contributed by atoms with E-state index in [-0.39, 0.29) is 0 Å². The summed E-state index contributed by atoms with van der Waals surface area (Å²) in [5.41, 5.74) is -2.14. The Hall–Kier alpha value is -2.32. The smallest absolute Gasteiger partial charge is 0.382 e. The third-order valence-corrected chi connectivity index (χ3v) is 1.84. The number of hydrogen-bond acceptors (Lipinski definition) is 5. The van der Waals surface area contributed by atoms with E-state index in [0.29, 0.717) is 6.07 Å². The maximum Gasteiger partial charge on any atom is 0.382 e. The number of methoxy groups -OCH3 is 1. The lowest BCUT2D eigenvalue weighted by atomic mass is 10.1. The molecule has 0 saturated heterocycles. The van der Waals surface area contributed by atoms with E-state index < -0.39 is 40.1 Å². The Morgan fingerprint density at radius 2 is 2.24 bits per heavy atom. The molecule has 1 heterocycles. The van der Waals surface area contributed by atoms with Crippen LogP contribution in [0.1, 0.15) is 22.3 Å². The first kappa shape index (κ1) is 12.7. The van der Waals surface area contributed by atoms with Gasteiger partial charge in [-0.15, -0.1) is 0 Å².